The summed E-state index contributed by atoms with van der Waals surface area (Å²) in [5, 5.41) is 0. The zero-order chi connectivity index (χ0) is 18.2. The zero-order valence-electron chi connectivity index (χ0n) is 15.2. The number of nitrogens with one attached hydrogen (secondary N) is 1. The van der Waals surface area contributed by atoms with Crippen LogP contribution in [0.15, 0.2) is 35.2 Å². The van der Waals surface area contributed by atoms with Crippen LogP contribution in [0.4, 0.5) is 0 Å². The SMILES string of the molecule is COc1cc(C)c(S(=O)(=O)N[C@H](C)c2ccc3c(c2)CCC3)c(C)c1. The molecule has 3 rings (SSSR count). The van der Waals surface area contributed by atoms with Gasteiger partial charge in [-0.1, -0.05) is 18.2 Å². The number of ether oxygens (including phenoxy) is 1. The number of methoxy groups -OCH3 is 1. The Labute approximate surface area is 150 Å². The van der Waals surface area contributed by atoms with Gasteiger partial charge in [0, 0.05) is 6.04 Å². The molecule has 0 aliphatic heterocycles. The van der Waals surface area contributed by atoms with E-state index in [1.807, 2.05) is 13.0 Å². The van der Waals surface area contributed by atoms with Crippen LogP contribution in [-0.4, -0.2) is 15.5 Å². The molecule has 0 aromatic heterocycles. The number of hydrogen-bond donors (Lipinski definition) is 1. The Morgan fingerprint density at radius 2 is 1.68 bits per heavy atom. The predicted octanol–water partition coefficient (Wildman–Crippen LogP) is 3.84. The maximum Gasteiger partial charge on any atom is 0.241 e. The van der Waals surface area contributed by atoms with Crippen LogP contribution in [0.5, 0.6) is 5.75 Å². The quantitative estimate of drug-likeness (QED) is 0.882. The summed E-state index contributed by atoms with van der Waals surface area (Å²) in [6.45, 7) is 5.48. The lowest BCUT2D eigenvalue weighted by Gasteiger charge is -2.18. The van der Waals surface area contributed by atoms with E-state index in [4.69, 9.17) is 4.74 Å². The summed E-state index contributed by atoms with van der Waals surface area (Å²) >= 11 is 0. The van der Waals surface area contributed by atoms with Crippen LogP contribution in [0, 0.1) is 13.8 Å². The van der Waals surface area contributed by atoms with Gasteiger partial charge in [0.15, 0.2) is 0 Å². The minimum atomic E-state index is -3.61. The number of rotatable bonds is 5. The highest BCUT2D eigenvalue weighted by molar-refractivity contribution is 7.89. The Balaban J connectivity index is 1.89. The molecule has 0 radical (unpaired) electrons. The Bertz CT molecular complexity index is 880. The van der Waals surface area contributed by atoms with Crippen molar-refractivity contribution in [3.63, 3.8) is 0 Å². The predicted molar refractivity (Wildman–Crippen MR) is 99.7 cm³/mol. The first-order valence-electron chi connectivity index (χ1n) is 8.61. The zero-order valence-corrected chi connectivity index (χ0v) is 16.0. The summed E-state index contributed by atoms with van der Waals surface area (Å²) in [5.41, 5.74) is 5.12. The van der Waals surface area contributed by atoms with E-state index in [1.54, 1.807) is 33.1 Å². The van der Waals surface area contributed by atoms with Crippen LogP contribution in [0.2, 0.25) is 0 Å². The van der Waals surface area contributed by atoms with Crippen molar-refractivity contribution in [1.82, 2.24) is 4.72 Å². The van der Waals surface area contributed by atoms with Crippen molar-refractivity contribution in [3.05, 3.63) is 58.1 Å². The Hall–Kier alpha value is -1.85. The molecule has 0 heterocycles. The van der Waals surface area contributed by atoms with E-state index in [0.29, 0.717) is 21.8 Å². The highest BCUT2D eigenvalue weighted by atomic mass is 32.2. The van der Waals surface area contributed by atoms with Gasteiger partial charge in [0.1, 0.15) is 5.75 Å². The van der Waals surface area contributed by atoms with Crippen molar-refractivity contribution in [1.29, 1.82) is 0 Å². The fraction of sp³-hybridized carbons (Fsp3) is 0.400. The molecule has 1 atom stereocenters. The molecule has 25 heavy (non-hydrogen) atoms. The van der Waals surface area contributed by atoms with Crippen LogP contribution in [-0.2, 0) is 22.9 Å². The largest absolute Gasteiger partial charge is 0.497 e. The molecule has 1 aliphatic rings. The molecule has 0 amide bonds. The van der Waals surface area contributed by atoms with Gasteiger partial charge >= 0.3 is 0 Å². The average Bonchev–Trinajstić information content (AvgIpc) is 3.00. The minimum absolute atomic E-state index is 0.281. The van der Waals surface area contributed by atoms with Gasteiger partial charge in [-0.3, -0.25) is 0 Å². The van der Waals surface area contributed by atoms with E-state index in [9.17, 15) is 8.42 Å². The van der Waals surface area contributed by atoms with E-state index >= 15 is 0 Å². The highest BCUT2D eigenvalue weighted by Crippen LogP contribution is 2.29. The van der Waals surface area contributed by atoms with Gasteiger partial charge < -0.3 is 4.74 Å². The first-order valence-corrected chi connectivity index (χ1v) is 10.1. The molecule has 5 heteroatoms. The number of sulfonamides is 1. The normalized spacial score (nSPS) is 15.0. The molecule has 0 fully saturated rings. The van der Waals surface area contributed by atoms with Crippen molar-refractivity contribution in [2.45, 2.75) is 51.0 Å². The van der Waals surface area contributed by atoms with Crippen molar-refractivity contribution >= 4 is 10.0 Å². The van der Waals surface area contributed by atoms with Gasteiger partial charge in [-0.05, 0) is 80.0 Å². The summed E-state index contributed by atoms with van der Waals surface area (Å²) in [4.78, 5) is 0.335. The lowest BCUT2D eigenvalue weighted by atomic mass is 10.0. The van der Waals surface area contributed by atoms with E-state index in [0.717, 1.165) is 18.4 Å². The fourth-order valence-corrected chi connectivity index (χ4v) is 5.36. The average molecular weight is 359 g/mol. The van der Waals surface area contributed by atoms with Crippen molar-refractivity contribution in [3.8, 4) is 5.75 Å². The van der Waals surface area contributed by atoms with Crippen LogP contribution < -0.4 is 9.46 Å². The molecule has 4 nitrogen and oxygen atoms in total. The van der Waals surface area contributed by atoms with Crippen LogP contribution in [0.25, 0.3) is 0 Å². The molecule has 0 unspecified atom stereocenters. The first kappa shape index (κ1) is 18.0. The van der Waals surface area contributed by atoms with Gasteiger partial charge in [0.2, 0.25) is 10.0 Å². The summed E-state index contributed by atoms with van der Waals surface area (Å²) in [7, 11) is -2.03. The van der Waals surface area contributed by atoms with E-state index in [2.05, 4.69) is 16.9 Å². The molecule has 2 aromatic rings. The lowest BCUT2D eigenvalue weighted by molar-refractivity contribution is 0.413. The molecule has 1 aliphatic carbocycles. The third kappa shape index (κ3) is 3.58. The van der Waals surface area contributed by atoms with Crippen molar-refractivity contribution in [2.75, 3.05) is 7.11 Å². The van der Waals surface area contributed by atoms with E-state index < -0.39 is 10.0 Å². The van der Waals surface area contributed by atoms with Gasteiger partial charge in [-0.15, -0.1) is 0 Å². The van der Waals surface area contributed by atoms with Gasteiger partial charge in [-0.25, -0.2) is 13.1 Å². The second kappa shape index (κ2) is 6.81. The standard InChI is InChI=1S/C20H25NO3S/c1-13-10-19(24-4)11-14(2)20(13)25(22,23)21-15(3)17-9-8-16-6-5-7-18(16)12-17/h8-12,15,21H,5-7H2,1-4H3/t15-/m1/s1. The molecule has 134 valence electrons. The number of aryl methyl sites for hydroxylation is 4. The molecule has 1 N–H and O–H groups in total. The van der Waals surface area contributed by atoms with Gasteiger partial charge in [-0.2, -0.15) is 0 Å². The van der Waals surface area contributed by atoms with E-state index in [1.165, 1.54) is 17.5 Å². The Morgan fingerprint density at radius 1 is 1.04 bits per heavy atom. The Morgan fingerprint density at radius 3 is 2.32 bits per heavy atom. The Kier molecular flexibility index (Phi) is 4.89. The van der Waals surface area contributed by atoms with Crippen LogP contribution in [0.3, 0.4) is 0 Å². The third-order valence-electron chi connectivity index (χ3n) is 4.89. The van der Waals surface area contributed by atoms with Crippen LogP contribution >= 0.6 is 0 Å². The van der Waals surface area contributed by atoms with Gasteiger partial charge in [0.05, 0.1) is 12.0 Å². The molecular formula is C20H25NO3S. The van der Waals surface area contributed by atoms with Crippen LogP contribution in [0.1, 0.15) is 47.2 Å². The highest BCUT2D eigenvalue weighted by Gasteiger charge is 2.24. The summed E-state index contributed by atoms with van der Waals surface area (Å²) in [6.07, 6.45) is 3.39. The summed E-state index contributed by atoms with van der Waals surface area (Å²) < 4.78 is 33.9. The second-order valence-electron chi connectivity index (χ2n) is 6.81. The monoisotopic (exact) mass is 359 g/mol. The first-order chi connectivity index (χ1) is 11.8. The molecular weight excluding hydrogens is 334 g/mol. The third-order valence-corrected chi connectivity index (χ3v) is 6.74. The second-order valence-corrected chi connectivity index (χ2v) is 8.47. The topological polar surface area (TPSA) is 55.4 Å². The van der Waals surface area contributed by atoms with Crippen molar-refractivity contribution in [2.24, 2.45) is 0 Å². The molecule has 0 saturated heterocycles. The molecule has 0 spiro atoms. The minimum Gasteiger partial charge on any atom is -0.497 e. The summed E-state index contributed by atoms with van der Waals surface area (Å²) in [6, 6.07) is 9.53. The smallest absolute Gasteiger partial charge is 0.241 e. The van der Waals surface area contributed by atoms with Gasteiger partial charge in [0.25, 0.3) is 0 Å². The lowest BCUT2D eigenvalue weighted by Crippen LogP contribution is -2.28. The maximum atomic E-state index is 12.9. The molecule has 2 aromatic carbocycles. The number of benzene rings is 2. The molecule has 0 bridgehead atoms. The number of fused-ring (bicyclic) bond motifs is 1. The maximum absolute atomic E-state index is 12.9. The summed E-state index contributed by atoms with van der Waals surface area (Å²) in [5.74, 6) is 0.667. The van der Waals surface area contributed by atoms with Crippen molar-refractivity contribution < 1.29 is 13.2 Å². The fourth-order valence-electron chi connectivity index (χ4n) is 3.67. The number of hydrogen-bond acceptors (Lipinski definition) is 3. The molecule has 0 saturated carbocycles. The van der Waals surface area contributed by atoms with E-state index in [-0.39, 0.29) is 6.04 Å².